The minimum absolute atomic E-state index is 0.142. The smallest absolute Gasteiger partial charge is 0.318 e. The molecule has 16 heavy (non-hydrogen) atoms. The van der Waals surface area contributed by atoms with Gasteiger partial charge in [0.15, 0.2) is 0 Å². The second-order valence-electron chi connectivity index (χ2n) is 3.47. The molecule has 0 saturated heterocycles. The van der Waals surface area contributed by atoms with E-state index in [2.05, 4.69) is 16.0 Å². The molecule has 5 heteroatoms. The highest BCUT2D eigenvalue weighted by molar-refractivity contribution is 5.92. The van der Waals surface area contributed by atoms with Crippen molar-refractivity contribution in [2.24, 2.45) is 0 Å². The van der Waals surface area contributed by atoms with Crippen molar-refractivity contribution in [3.63, 3.8) is 0 Å². The molecular formula is C11H15N3O2. The Bertz CT molecular complexity index is 416. The van der Waals surface area contributed by atoms with Crippen molar-refractivity contribution in [3.05, 3.63) is 23.8 Å². The minimum Gasteiger partial charge on any atom is -0.341 e. The van der Waals surface area contributed by atoms with Crippen LogP contribution in [0.4, 0.5) is 16.2 Å². The molecule has 0 heterocycles. The van der Waals surface area contributed by atoms with Crippen molar-refractivity contribution in [2.45, 2.75) is 13.8 Å². The van der Waals surface area contributed by atoms with Gasteiger partial charge in [-0.25, -0.2) is 4.79 Å². The highest BCUT2D eigenvalue weighted by atomic mass is 16.2. The third-order valence-corrected chi connectivity index (χ3v) is 1.88. The summed E-state index contributed by atoms with van der Waals surface area (Å²) < 4.78 is 0. The van der Waals surface area contributed by atoms with E-state index >= 15 is 0 Å². The predicted molar refractivity (Wildman–Crippen MR) is 63.6 cm³/mol. The lowest BCUT2D eigenvalue weighted by molar-refractivity contribution is -0.114. The molecule has 0 saturated carbocycles. The van der Waals surface area contributed by atoms with E-state index in [0.29, 0.717) is 11.4 Å². The zero-order valence-electron chi connectivity index (χ0n) is 9.55. The molecule has 0 aliphatic rings. The Kier molecular flexibility index (Phi) is 3.88. The molecule has 0 fully saturated rings. The molecule has 0 aliphatic carbocycles. The summed E-state index contributed by atoms with van der Waals surface area (Å²) >= 11 is 0. The number of aryl methyl sites for hydroxylation is 1. The molecule has 3 N–H and O–H groups in total. The summed E-state index contributed by atoms with van der Waals surface area (Å²) in [7, 11) is 1.54. The lowest BCUT2D eigenvalue weighted by atomic mass is 10.2. The number of carbonyl (C=O) groups is 2. The van der Waals surface area contributed by atoms with E-state index in [1.54, 1.807) is 13.1 Å². The molecule has 0 atom stereocenters. The van der Waals surface area contributed by atoms with Gasteiger partial charge in [-0.2, -0.15) is 0 Å². The van der Waals surface area contributed by atoms with Crippen LogP contribution < -0.4 is 16.0 Å². The fourth-order valence-electron chi connectivity index (χ4n) is 1.32. The van der Waals surface area contributed by atoms with E-state index in [1.165, 1.54) is 6.92 Å². The van der Waals surface area contributed by atoms with E-state index in [-0.39, 0.29) is 11.9 Å². The first-order valence-electron chi connectivity index (χ1n) is 4.89. The topological polar surface area (TPSA) is 70.2 Å². The van der Waals surface area contributed by atoms with Gasteiger partial charge in [0.2, 0.25) is 5.91 Å². The summed E-state index contributed by atoms with van der Waals surface area (Å²) in [6, 6.07) is 5.06. The molecule has 3 amide bonds. The number of amides is 3. The standard InChI is InChI=1S/C11H15N3O2/c1-7-4-9(13-8(2)15)6-10(5-7)14-11(16)12-3/h4-6H,1-3H3,(H,13,15)(H2,12,14,16). The molecule has 1 aromatic carbocycles. The quantitative estimate of drug-likeness (QED) is 0.711. The normalized spacial score (nSPS) is 9.44. The van der Waals surface area contributed by atoms with Crippen molar-refractivity contribution in [1.82, 2.24) is 5.32 Å². The Morgan fingerprint density at radius 3 is 2.12 bits per heavy atom. The Morgan fingerprint density at radius 2 is 1.62 bits per heavy atom. The van der Waals surface area contributed by atoms with Crippen LogP contribution in [0.5, 0.6) is 0 Å². The molecule has 86 valence electrons. The number of rotatable bonds is 2. The number of nitrogens with one attached hydrogen (secondary N) is 3. The van der Waals surface area contributed by atoms with Gasteiger partial charge in [0.05, 0.1) is 0 Å². The summed E-state index contributed by atoms with van der Waals surface area (Å²) in [5.74, 6) is -0.142. The summed E-state index contributed by atoms with van der Waals surface area (Å²) in [5, 5.41) is 7.77. The number of hydrogen-bond acceptors (Lipinski definition) is 2. The third-order valence-electron chi connectivity index (χ3n) is 1.88. The first-order valence-corrected chi connectivity index (χ1v) is 4.89. The van der Waals surface area contributed by atoms with E-state index in [1.807, 2.05) is 19.1 Å². The molecule has 0 bridgehead atoms. The fraction of sp³-hybridized carbons (Fsp3) is 0.273. The summed E-state index contributed by atoms with van der Waals surface area (Å²) in [4.78, 5) is 22.0. The number of anilines is 2. The van der Waals surface area contributed by atoms with Crippen LogP contribution >= 0.6 is 0 Å². The van der Waals surface area contributed by atoms with Crippen LogP contribution in [-0.2, 0) is 4.79 Å². The number of hydrogen-bond donors (Lipinski definition) is 3. The molecule has 1 aromatic rings. The molecule has 1 rings (SSSR count). The zero-order valence-corrected chi connectivity index (χ0v) is 9.55. The lowest BCUT2D eigenvalue weighted by Crippen LogP contribution is -2.24. The Balaban J connectivity index is 2.89. The average molecular weight is 221 g/mol. The maximum absolute atomic E-state index is 11.1. The second-order valence-corrected chi connectivity index (χ2v) is 3.47. The summed E-state index contributed by atoms with van der Waals surface area (Å²) in [5.41, 5.74) is 2.26. The number of carbonyl (C=O) groups excluding carboxylic acids is 2. The Morgan fingerprint density at radius 1 is 1.06 bits per heavy atom. The molecular weight excluding hydrogens is 206 g/mol. The zero-order chi connectivity index (χ0) is 12.1. The molecule has 0 aliphatic heterocycles. The predicted octanol–water partition coefficient (Wildman–Crippen LogP) is 1.70. The van der Waals surface area contributed by atoms with Crippen molar-refractivity contribution in [3.8, 4) is 0 Å². The van der Waals surface area contributed by atoms with Crippen LogP contribution in [0, 0.1) is 6.92 Å². The maximum atomic E-state index is 11.1. The Hall–Kier alpha value is -2.04. The minimum atomic E-state index is -0.292. The highest BCUT2D eigenvalue weighted by Gasteiger charge is 2.02. The van der Waals surface area contributed by atoms with Gasteiger partial charge >= 0.3 is 6.03 Å². The van der Waals surface area contributed by atoms with Crippen molar-refractivity contribution in [1.29, 1.82) is 0 Å². The molecule has 0 radical (unpaired) electrons. The highest BCUT2D eigenvalue weighted by Crippen LogP contribution is 2.18. The number of benzene rings is 1. The van der Waals surface area contributed by atoms with Crippen LogP contribution in [0.25, 0.3) is 0 Å². The first-order chi connectivity index (χ1) is 7.51. The van der Waals surface area contributed by atoms with Gasteiger partial charge < -0.3 is 16.0 Å². The fourth-order valence-corrected chi connectivity index (χ4v) is 1.32. The van der Waals surface area contributed by atoms with Gasteiger partial charge in [0, 0.05) is 25.3 Å². The molecule has 0 aromatic heterocycles. The van der Waals surface area contributed by atoms with Crippen LogP contribution in [0.3, 0.4) is 0 Å². The third kappa shape index (κ3) is 3.61. The van der Waals surface area contributed by atoms with Gasteiger partial charge in [-0.3, -0.25) is 4.79 Å². The van der Waals surface area contributed by atoms with E-state index < -0.39 is 0 Å². The van der Waals surface area contributed by atoms with Gasteiger partial charge in [0.25, 0.3) is 0 Å². The van der Waals surface area contributed by atoms with Crippen molar-refractivity contribution < 1.29 is 9.59 Å². The van der Waals surface area contributed by atoms with E-state index in [0.717, 1.165) is 5.56 Å². The van der Waals surface area contributed by atoms with Gasteiger partial charge in [-0.05, 0) is 30.7 Å². The number of urea groups is 1. The van der Waals surface area contributed by atoms with Crippen molar-refractivity contribution in [2.75, 3.05) is 17.7 Å². The van der Waals surface area contributed by atoms with Crippen LogP contribution in [0.1, 0.15) is 12.5 Å². The first kappa shape index (κ1) is 12.0. The Labute approximate surface area is 94.2 Å². The molecule has 0 unspecified atom stereocenters. The summed E-state index contributed by atoms with van der Waals surface area (Å²) in [6.45, 7) is 3.33. The lowest BCUT2D eigenvalue weighted by Gasteiger charge is -2.09. The molecule has 5 nitrogen and oxygen atoms in total. The van der Waals surface area contributed by atoms with E-state index in [4.69, 9.17) is 0 Å². The average Bonchev–Trinajstić information content (AvgIpc) is 2.15. The molecule has 0 spiro atoms. The van der Waals surface area contributed by atoms with Gasteiger partial charge in [-0.15, -0.1) is 0 Å². The second kappa shape index (κ2) is 5.16. The monoisotopic (exact) mass is 221 g/mol. The maximum Gasteiger partial charge on any atom is 0.318 e. The largest absolute Gasteiger partial charge is 0.341 e. The van der Waals surface area contributed by atoms with Gasteiger partial charge in [0.1, 0.15) is 0 Å². The van der Waals surface area contributed by atoms with Crippen LogP contribution in [0.15, 0.2) is 18.2 Å². The van der Waals surface area contributed by atoms with Gasteiger partial charge in [-0.1, -0.05) is 0 Å². The van der Waals surface area contributed by atoms with Crippen LogP contribution in [-0.4, -0.2) is 19.0 Å². The van der Waals surface area contributed by atoms with Crippen molar-refractivity contribution >= 4 is 23.3 Å². The SMILES string of the molecule is CNC(=O)Nc1cc(C)cc(NC(C)=O)c1. The summed E-state index contributed by atoms with van der Waals surface area (Å²) in [6.07, 6.45) is 0. The van der Waals surface area contributed by atoms with E-state index in [9.17, 15) is 9.59 Å². The van der Waals surface area contributed by atoms with Crippen LogP contribution in [0.2, 0.25) is 0 Å².